The fourth-order valence-electron chi connectivity index (χ4n) is 2.53. The van der Waals surface area contributed by atoms with Gasteiger partial charge in [-0.1, -0.05) is 12.1 Å². The van der Waals surface area contributed by atoms with Crippen molar-refractivity contribution in [3.63, 3.8) is 0 Å². The second kappa shape index (κ2) is 4.17. The maximum absolute atomic E-state index is 6.00. The molecule has 0 N–H and O–H groups in total. The summed E-state index contributed by atoms with van der Waals surface area (Å²) in [6, 6.07) is 12.1. The van der Waals surface area contributed by atoms with Gasteiger partial charge in [0, 0.05) is 34.9 Å². The van der Waals surface area contributed by atoms with Crippen LogP contribution in [0.5, 0.6) is 0 Å². The lowest BCUT2D eigenvalue weighted by Crippen LogP contribution is -1.84. The molecule has 0 aliphatic rings. The van der Waals surface area contributed by atoms with Crippen LogP contribution in [0.15, 0.2) is 59.4 Å². The maximum Gasteiger partial charge on any atom is 0.144 e. The highest BCUT2D eigenvalue weighted by molar-refractivity contribution is 6.08. The third-order valence-corrected chi connectivity index (χ3v) is 3.49. The summed E-state index contributed by atoms with van der Waals surface area (Å²) < 4.78 is 6.00. The minimum absolute atomic E-state index is 0.857. The molecule has 0 radical (unpaired) electrons. The van der Waals surface area contributed by atoms with E-state index < -0.39 is 0 Å². The predicted molar refractivity (Wildman–Crippen MR) is 79.5 cm³/mol. The molecular weight excluding hydrogens is 248 g/mol. The summed E-state index contributed by atoms with van der Waals surface area (Å²) in [6.07, 6.45) is 5.41. The fraction of sp³-hybridized carbons (Fsp3) is 0.0588. The SMILES string of the molecule is Cc1ccnc(-c2cccc3c2oc2ccncc23)c1. The Balaban J connectivity index is 2.10. The maximum atomic E-state index is 6.00. The number of aryl methyl sites for hydroxylation is 1. The summed E-state index contributed by atoms with van der Waals surface area (Å²) in [4.78, 5) is 8.63. The van der Waals surface area contributed by atoms with E-state index >= 15 is 0 Å². The molecule has 0 amide bonds. The van der Waals surface area contributed by atoms with E-state index in [9.17, 15) is 0 Å². The zero-order valence-electron chi connectivity index (χ0n) is 11.0. The number of hydrogen-bond acceptors (Lipinski definition) is 3. The van der Waals surface area contributed by atoms with Crippen molar-refractivity contribution in [1.29, 1.82) is 0 Å². The molecule has 0 saturated carbocycles. The van der Waals surface area contributed by atoms with Crippen molar-refractivity contribution in [2.45, 2.75) is 6.92 Å². The quantitative estimate of drug-likeness (QED) is 0.510. The van der Waals surface area contributed by atoms with Crippen molar-refractivity contribution < 1.29 is 4.42 Å². The van der Waals surface area contributed by atoms with E-state index in [2.05, 4.69) is 29.0 Å². The van der Waals surface area contributed by atoms with Crippen LogP contribution in [0.4, 0.5) is 0 Å². The topological polar surface area (TPSA) is 38.9 Å². The van der Waals surface area contributed by atoms with Gasteiger partial charge in [-0.15, -0.1) is 0 Å². The van der Waals surface area contributed by atoms with Gasteiger partial charge in [0.25, 0.3) is 0 Å². The Morgan fingerprint density at radius 2 is 1.95 bits per heavy atom. The summed E-state index contributed by atoms with van der Waals surface area (Å²) in [5.41, 5.74) is 4.86. The molecule has 0 aliphatic heterocycles. The lowest BCUT2D eigenvalue weighted by Gasteiger charge is -2.02. The van der Waals surface area contributed by atoms with Crippen molar-refractivity contribution in [1.82, 2.24) is 9.97 Å². The molecule has 3 heterocycles. The Morgan fingerprint density at radius 3 is 2.85 bits per heavy atom. The number of benzene rings is 1. The second-order valence-corrected chi connectivity index (χ2v) is 4.87. The molecule has 3 aromatic heterocycles. The van der Waals surface area contributed by atoms with Gasteiger partial charge in [-0.2, -0.15) is 0 Å². The smallest absolute Gasteiger partial charge is 0.144 e. The number of aromatic nitrogens is 2. The summed E-state index contributed by atoms with van der Waals surface area (Å²) in [5, 5.41) is 2.12. The molecule has 1 aromatic carbocycles. The summed E-state index contributed by atoms with van der Waals surface area (Å²) >= 11 is 0. The van der Waals surface area contributed by atoms with Gasteiger partial charge in [0.1, 0.15) is 11.2 Å². The Kier molecular flexibility index (Phi) is 2.33. The van der Waals surface area contributed by atoms with Crippen molar-refractivity contribution in [3.8, 4) is 11.3 Å². The summed E-state index contributed by atoms with van der Waals surface area (Å²) in [7, 11) is 0. The highest BCUT2D eigenvalue weighted by Crippen LogP contribution is 2.34. The normalized spacial score (nSPS) is 11.2. The molecule has 3 nitrogen and oxygen atoms in total. The van der Waals surface area contributed by atoms with Crippen molar-refractivity contribution in [3.05, 3.63) is 60.6 Å². The van der Waals surface area contributed by atoms with Crippen molar-refractivity contribution >= 4 is 21.9 Å². The Hall–Kier alpha value is -2.68. The van der Waals surface area contributed by atoms with Crippen LogP contribution in [0.2, 0.25) is 0 Å². The minimum atomic E-state index is 0.857. The minimum Gasteiger partial charge on any atom is -0.455 e. The predicted octanol–water partition coefficient (Wildman–Crippen LogP) is 4.35. The van der Waals surface area contributed by atoms with E-state index in [0.29, 0.717) is 0 Å². The molecule has 96 valence electrons. The van der Waals surface area contributed by atoms with Gasteiger partial charge in [0.2, 0.25) is 0 Å². The van der Waals surface area contributed by atoms with E-state index in [1.54, 1.807) is 6.20 Å². The van der Waals surface area contributed by atoms with E-state index in [1.807, 2.05) is 36.7 Å². The average Bonchev–Trinajstić information content (AvgIpc) is 2.86. The van der Waals surface area contributed by atoms with Crippen LogP contribution in [0.3, 0.4) is 0 Å². The monoisotopic (exact) mass is 260 g/mol. The largest absolute Gasteiger partial charge is 0.455 e. The van der Waals surface area contributed by atoms with Crippen LogP contribution in [0.1, 0.15) is 5.56 Å². The van der Waals surface area contributed by atoms with Gasteiger partial charge >= 0.3 is 0 Å². The van der Waals surface area contributed by atoms with Gasteiger partial charge < -0.3 is 4.42 Å². The van der Waals surface area contributed by atoms with Crippen LogP contribution in [0.25, 0.3) is 33.2 Å². The van der Waals surface area contributed by atoms with Crippen LogP contribution in [-0.4, -0.2) is 9.97 Å². The molecule has 0 aliphatic carbocycles. The molecule has 0 unspecified atom stereocenters. The van der Waals surface area contributed by atoms with E-state index in [1.165, 1.54) is 5.56 Å². The van der Waals surface area contributed by atoms with E-state index in [0.717, 1.165) is 33.2 Å². The van der Waals surface area contributed by atoms with Gasteiger partial charge in [0.05, 0.1) is 5.69 Å². The number of nitrogens with zero attached hydrogens (tertiary/aromatic N) is 2. The van der Waals surface area contributed by atoms with E-state index in [4.69, 9.17) is 4.42 Å². The number of rotatable bonds is 1. The van der Waals surface area contributed by atoms with Gasteiger partial charge in [0.15, 0.2) is 0 Å². The standard InChI is InChI=1S/C17H12N2O/c1-11-5-8-19-15(9-11)13-4-2-3-12-14-10-18-7-6-16(14)20-17(12)13/h2-10H,1H3. The number of furan rings is 1. The number of hydrogen-bond donors (Lipinski definition) is 0. The van der Waals surface area contributed by atoms with Crippen LogP contribution in [0, 0.1) is 6.92 Å². The first-order chi connectivity index (χ1) is 9.83. The Bertz CT molecular complexity index is 924. The molecule has 0 bridgehead atoms. The third kappa shape index (κ3) is 1.60. The molecule has 4 rings (SSSR count). The van der Waals surface area contributed by atoms with Gasteiger partial charge in [-0.25, -0.2) is 0 Å². The van der Waals surface area contributed by atoms with Crippen LogP contribution in [-0.2, 0) is 0 Å². The highest BCUT2D eigenvalue weighted by atomic mass is 16.3. The highest BCUT2D eigenvalue weighted by Gasteiger charge is 2.12. The zero-order chi connectivity index (χ0) is 13.5. The third-order valence-electron chi connectivity index (χ3n) is 3.49. The summed E-state index contributed by atoms with van der Waals surface area (Å²) in [6.45, 7) is 2.06. The molecular formula is C17H12N2O. The Labute approximate surface area is 115 Å². The molecule has 0 saturated heterocycles. The first-order valence-electron chi connectivity index (χ1n) is 6.51. The van der Waals surface area contributed by atoms with Gasteiger partial charge in [-0.05, 0) is 36.8 Å². The molecule has 3 heteroatoms. The van der Waals surface area contributed by atoms with Crippen molar-refractivity contribution in [2.75, 3.05) is 0 Å². The average molecular weight is 260 g/mol. The second-order valence-electron chi connectivity index (χ2n) is 4.87. The molecule has 0 atom stereocenters. The van der Waals surface area contributed by atoms with Crippen LogP contribution >= 0.6 is 0 Å². The van der Waals surface area contributed by atoms with Crippen molar-refractivity contribution in [2.24, 2.45) is 0 Å². The van der Waals surface area contributed by atoms with E-state index in [-0.39, 0.29) is 0 Å². The first-order valence-corrected chi connectivity index (χ1v) is 6.51. The van der Waals surface area contributed by atoms with Gasteiger partial charge in [-0.3, -0.25) is 9.97 Å². The molecule has 0 spiro atoms. The molecule has 4 aromatic rings. The fourth-order valence-corrected chi connectivity index (χ4v) is 2.53. The number of fused-ring (bicyclic) bond motifs is 3. The lowest BCUT2D eigenvalue weighted by molar-refractivity contribution is 0.669. The number of para-hydroxylation sites is 1. The van der Waals surface area contributed by atoms with Crippen LogP contribution < -0.4 is 0 Å². The summed E-state index contributed by atoms with van der Waals surface area (Å²) in [5.74, 6) is 0. The number of pyridine rings is 2. The Morgan fingerprint density at radius 1 is 1.00 bits per heavy atom. The molecule has 20 heavy (non-hydrogen) atoms. The molecule has 0 fully saturated rings. The first kappa shape index (κ1) is 11.2. The zero-order valence-corrected chi connectivity index (χ0v) is 11.0. The lowest BCUT2D eigenvalue weighted by atomic mass is 10.1.